The Bertz CT molecular complexity index is 489. The number of aryl methyl sites for hydroxylation is 1. The second kappa shape index (κ2) is 6.69. The maximum absolute atomic E-state index is 12.2. The lowest BCUT2D eigenvalue weighted by atomic mass is 10.00. The minimum Gasteiger partial charge on any atom is -0.481 e. The molecule has 2 amide bonds. The summed E-state index contributed by atoms with van der Waals surface area (Å²) in [5, 5.41) is 14.6. The fourth-order valence-electron chi connectivity index (χ4n) is 2.44. The van der Waals surface area contributed by atoms with Gasteiger partial charge in [-0.2, -0.15) is 0 Å². The largest absolute Gasteiger partial charge is 0.481 e. The quantitative estimate of drug-likeness (QED) is 0.890. The monoisotopic (exact) mass is 297 g/mol. The van der Waals surface area contributed by atoms with Gasteiger partial charge in [-0.25, -0.2) is 9.78 Å². The molecule has 1 aliphatic heterocycles. The highest BCUT2D eigenvalue weighted by Gasteiger charge is 2.28. The number of aliphatic carboxylic acids is 1. The van der Waals surface area contributed by atoms with Gasteiger partial charge in [0.05, 0.1) is 23.7 Å². The van der Waals surface area contributed by atoms with Gasteiger partial charge >= 0.3 is 12.0 Å². The summed E-state index contributed by atoms with van der Waals surface area (Å²) in [5.41, 5.74) is 0.840. The second-order valence-electron chi connectivity index (χ2n) is 4.96. The summed E-state index contributed by atoms with van der Waals surface area (Å²) < 4.78 is 0. The topological polar surface area (TPSA) is 82.5 Å². The molecule has 7 heteroatoms. The molecule has 0 aliphatic carbocycles. The van der Waals surface area contributed by atoms with Crippen molar-refractivity contribution in [2.24, 2.45) is 0 Å². The van der Waals surface area contributed by atoms with Crippen molar-refractivity contribution in [3.8, 4) is 0 Å². The summed E-state index contributed by atoms with van der Waals surface area (Å²) in [4.78, 5) is 29.0. The Labute approximate surface area is 121 Å². The smallest absolute Gasteiger partial charge is 0.317 e. The molecule has 1 atom stereocenters. The standard InChI is InChI=1S/C13H19N3O3S/c1-9-15-10(8-20-9)7-14-13(19)16-5-3-2-4-11(16)6-12(17)18/h8,11H,2-7H2,1H3,(H,14,19)(H,17,18). The number of aromatic nitrogens is 1. The number of nitrogens with zero attached hydrogens (tertiary/aromatic N) is 2. The van der Waals surface area contributed by atoms with Crippen LogP contribution in [0.15, 0.2) is 5.38 Å². The number of thiazole rings is 1. The van der Waals surface area contributed by atoms with Gasteiger partial charge in [0.1, 0.15) is 0 Å². The molecule has 0 radical (unpaired) electrons. The predicted octanol–water partition coefficient (Wildman–Crippen LogP) is 1.99. The first-order chi connectivity index (χ1) is 9.56. The van der Waals surface area contributed by atoms with Crippen molar-refractivity contribution < 1.29 is 14.7 Å². The summed E-state index contributed by atoms with van der Waals surface area (Å²) in [5.74, 6) is -0.857. The van der Waals surface area contributed by atoms with Crippen molar-refractivity contribution in [1.29, 1.82) is 0 Å². The van der Waals surface area contributed by atoms with Gasteiger partial charge in [-0.3, -0.25) is 4.79 Å². The van der Waals surface area contributed by atoms with Gasteiger partial charge in [-0.05, 0) is 26.2 Å². The van der Waals surface area contributed by atoms with E-state index < -0.39 is 5.97 Å². The summed E-state index contributed by atoms with van der Waals surface area (Å²) >= 11 is 1.55. The number of likely N-dealkylation sites (tertiary alicyclic amines) is 1. The van der Waals surface area contributed by atoms with Crippen molar-refractivity contribution >= 4 is 23.3 Å². The number of carboxylic acids is 1. The Morgan fingerprint density at radius 1 is 1.55 bits per heavy atom. The third-order valence-corrected chi connectivity index (χ3v) is 4.21. The van der Waals surface area contributed by atoms with Crippen molar-refractivity contribution in [2.75, 3.05) is 6.54 Å². The molecule has 110 valence electrons. The zero-order chi connectivity index (χ0) is 14.5. The molecule has 2 heterocycles. The number of nitrogens with one attached hydrogen (secondary N) is 1. The Hall–Kier alpha value is -1.63. The van der Waals surface area contributed by atoms with Crippen molar-refractivity contribution in [1.82, 2.24) is 15.2 Å². The molecule has 1 saturated heterocycles. The molecule has 0 spiro atoms. The predicted molar refractivity (Wildman–Crippen MR) is 75.7 cm³/mol. The number of carbonyl (C=O) groups is 2. The van der Waals surface area contributed by atoms with Crippen LogP contribution in [-0.2, 0) is 11.3 Å². The van der Waals surface area contributed by atoms with Crippen LogP contribution < -0.4 is 5.32 Å². The molecule has 0 saturated carbocycles. The van der Waals surface area contributed by atoms with Crippen LogP contribution in [0, 0.1) is 6.92 Å². The molecule has 1 unspecified atom stereocenters. The summed E-state index contributed by atoms with van der Waals surface area (Å²) in [7, 11) is 0. The highest BCUT2D eigenvalue weighted by molar-refractivity contribution is 7.09. The van der Waals surface area contributed by atoms with Crippen molar-refractivity contribution in [2.45, 2.75) is 45.2 Å². The summed E-state index contributed by atoms with van der Waals surface area (Å²) in [6.07, 6.45) is 2.69. The lowest BCUT2D eigenvalue weighted by molar-refractivity contribution is -0.138. The van der Waals surface area contributed by atoms with E-state index in [-0.39, 0.29) is 18.5 Å². The van der Waals surface area contributed by atoms with Gasteiger partial charge in [-0.15, -0.1) is 11.3 Å². The lowest BCUT2D eigenvalue weighted by Crippen LogP contribution is -2.49. The van der Waals surface area contributed by atoms with Crippen LogP contribution in [0.25, 0.3) is 0 Å². The molecule has 1 fully saturated rings. The van der Waals surface area contributed by atoms with E-state index in [1.807, 2.05) is 12.3 Å². The second-order valence-corrected chi connectivity index (χ2v) is 6.02. The normalized spacial score (nSPS) is 18.9. The number of hydrogen-bond acceptors (Lipinski definition) is 4. The summed E-state index contributed by atoms with van der Waals surface area (Å²) in [6.45, 7) is 2.93. The highest BCUT2D eigenvalue weighted by atomic mass is 32.1. The Morgan fingerprint density at radius 2 is 2.35 bits per heavy atom. The molecule has 2 N–H and O–H groups in total. The van der Waals surface area contributed by atoms with Crippen molar-refractivity contribution in [3.63, 3.8) is 0 Å². The zero-order valence-electron chi connectivity index (χ0n) is 11.5. The van der Waals surface area contributed by atoms with E-state index in [0.717, 1.165) is 30.0 Å². The molecule has 2 rings (SSSR count). The molecule has 20 heavy (non-hydrogen) atoms. The fourth-order valence-corrected chi connectivity index (χ4v) is 3.05. The molecular formula is C13H19N3O3S. The van der Waals surface area contributed by atoms with Crippen LogP contribution in [0.4, 0.5) is 4.79 Å². The average molecular weight is 297 g/mol. The Balaban J connectivity index is 1.90. The fraction of sp³-hybridized carbons (Fsp3) is 0.615. The minimum absolute atomic E-state index is 0.0171. The lowest BCUT2D eigenvalue weighted by Gasteiger charge is -2.34. The van der Waals surface area contributed by atoms with Gasteiger partial charge in [-0.1, -0.05) is 0 Å². The number of carboxylic acid groups (broad SMARTS) is 1. The third-order valence-electron chi connectivity index (χ3n) is 3.39. The minimum atomic E-state index is -0.857. The Kier molecular flexibility index (Phi) is 4.94. The first-order valence-electron chi connectivity index (χ1n) is 6.73. The highest BCUT2D eigenvalue weighted by Crippen LogP contribution is 2.20. The zero-order valence-corrected chi connectivity index (χ0v) is 12.3. The first-order valence-corrected chi connectivity index (χ1v) is 7.61. The van der Waals surface area contributed by atoms with Gasteiger partial charge in [0.25, 0.3) is 0 Å². The van der Waals surface area contributed by atoms with Crippen LogP contribution in [0.1, 0.15) is 36.4 Å². The third kappa shape index (κ3) is 3.93. The van der Waals surface area contributed by atoms with Gasteiger partial charge in [0.2, 0.25) is 0 Å². The number of carbonyl (C=O) groups excluding carboxylic acids is 1. The van der Waals surface area contributed by atoms with E-state index in [1.54, 1.807) is 16.2 Å². The van der Waals surface area contributed by atoms with Crippen molar-refractivity contribution in [3.05, 3.63) is 16.1 Å². The number of amides is 2. The molecule has 0 aromatic carbocycles. The molecule has 1 aromatic rings. The van der Waals surface area contributed by atoms with E-state index >= 15 is 0 Å². The average Bonchev–Trinajstić information content (AvgIpc) is 2.82. The molecule has 6 nitrogen and oxygen atoms in total. The number of piperidine rings is 1. The first kappa shape index (κ1) is 14.8. The molecule has 1 aliphatic rings. The van der Waals surface area contributed by atoms with E-state index in [1.165, 1.54) is 0 Å². The van der Waals surface area contributed by atoms with E-state index in [0.29, 0.717) is 13.1 Å². The van der Waals surface area contributed by atoms with Gasteiger partial charge in [0.15, 0.2) is 0 Å². The molecular weight excluding hydrogens is 278 g/mol. The number of urea groups is 1. The van der Waals surface area contributed by atoms with Crippen LogP contribution in [0.3, 0.4) is 0 Å². The molecule has 0 bridgehead atoms. The number of rotatable bonds is 4. The van der Waals surface area contributed by atoms with Crippen LogP contribution in [-0.4, -0.2) is 39.6 Å². The van der Waals surface area contributed by atoms with Crippen LogP contribution in [0.5, 0.6) is 0 Å². The SMILES string of the molecule is Cc1nc(CNC(=O)N2CCCCC2CC(=O)O)cs1. The maximum Gasteiger partial charge on any atom is 0.317 e. The Morgan fingerprint density at radius 3 is 3.00 bits per heavy atom. The van der Waals surface area contributed by atoms with E-state index in [9.17, 15) is 9.59 Å². The van der Waals surface area contributed by atoms with Gasteiger partial charge in [0, 0.05) is 18.0 Å². The summed E-state index contributed by atoms with van der Waals surface area (Å²) in [6, 6.07) is -0.389. The van der Waals surface area contributed by atoms with Crippen LogP contribution in [0.2, 0.25) is 0 Å². The van der Waals surface area contributed by atoms with E-state index in [2.05, 4.69) is 10.3 Å². The van der Waals surface area contributed by atoms with Gasteiger partial charge < -0.3 is 15.3 Å². The maximum atomic E-state index is 12.2. The van der Waals surface area contributed by atoms with Crippen LogP contribution >= 0.6 is 11.3 Å². The van der Waals surface area contributed by atoms with E-state index in [4.69, 9.17) is 5.11 Å². The number of hydrogen-bond donors (Lipinski definition) is 2. The molecule has 1 aromatic heterocycles.